The molecule has 1 aliphatic rings. The van der Waals surface area contributed by atoms with E-state index in [1.807, 2.05) is 54.6 Å². The first-order valence-corrected chi connectivity index (χ1v) is 12.0. The predicted molar refractivity (Wildman–Crippen MR) is 131 cm³/mol. The quantitative estimate of drug-likeness (QED) is 0.552. The Balaban J connectivity index is 1.70. The molecule has 3 rings (SSSR count). The molecule has 35 heavy (non-hydrogen) atoms. The summed E-state index contributed by atoms with van der Waals surface area (Å²) in [5, 5.41) is 7.94. The van der Waals surface area contributed by atoms with Gasteiger partial charge in [0.2, 0.25) is 11.7 Å². The van der Waals surface area contributed by atoms with Crippen molar-refractivity contribution in [3.05, 3.63) is 71.3 Å². The Labute approximate surface area is 205 Å². The molecule has 8 heteroatoms. The summed E-state index contributed by atoms with van der Waals surface area (Å²) in [6.45, 7) is 4.02. The summed E-state index contributed by atoms with van der Waals surface area (Å²) in [6.07, 6.45) is 1.97. The number of fused-ring (bicyclic) bond motifs is 2. The van der Waals surface area contributed by atoms with E-state index in [4.69, 9.17) is 4.74 Å². The lowest BCUT2D eigenvalue weighted by molar-refractivity contribution is -0.140. The first kappa shape index (κ1) is 25.9. The highest BCUT2D eigenvalue weighted by Crippen LogP contribution is 2.13. The summed E-state index contributed by atoms with van der Waals surface area (Å²) in [6, 6.07) is 15.0. The number of amides is 3. The number of nitrogens with one attached hydrogen (secondary N) is 3. The Bertz CT molecular complexity index is 1040. The van der Waals surface area contributed by atoms with Crippen LogP contribution in [0, 0.1) is 5.92 Å². The molecule has 0 aromatic heterocycles. The maximum absolute atomic E-state index is 13.1. The molecular formula is C27H33N3O5. The molecule has 2 bridgehead atoms. The second kappa shape index (κ2) is 12.7. The number of hydrogen-bond donors (Lipinski definition) is 3. The van der Waals surface area contributed by atoms with Gasteiger partial charge in [-0.25, -0.2) is 4.79 Å². The van der Waals surface area contributed by atoms with Crippen LogP contribution >= 0.6 is 0 Å². The van der Waals surface area contributed by atoms with Crippen molar-refractivity contribution in [2.24, 2.45) is 5.92 Å². The number of ether oxygens (including phenoxy) is 1. The van der Waals surface area contributed by atoms with E-state index in [9.17, 15) is 19.2 Å². The van der Waals surface area contributed by atoms with Gasteiger partial charge in [-0.15, -0.1) is 0 Å². The third-order valence-electron chi connectivity index (χ3n) is 5.90. The van der Waals surface area contributed by atoms with Gasteiger partial charge in [0.15, 0.2) is 0 Å². The van der Waals surface area contributed by atoms with Crippen molar-refractivity contribution in [2.45, 2.75) is 58.2 Å². The highest BCUT2D eigenvalue weighted by Gasteiger charge is 2.32. The second-order valence-electron chi connectivity index (χ2n) is 9.09. The van der Waals surface area contributed by atoms with E-state index in [2.05, 4.69) is 16.0 Å². The summed E-state index contributed by atoms with van der Waals surface area (Å²) in [7, 11) is 0. The summed E-state index contributed by atoms with van der Waals surface area (Å²) < 4.78 is 5.25. The lowest BCUT2D eigenvalue weighted by Crippen LogP contribution is -2.56. The minimum absolute atomic E-state index is 0.0662. The number of aryl methyl sites for hydroxylation is 1. The smallest absolute Gasteiger partial charge is 0.408 e. The van der Waals surface area contributed by atoms with Crippen molar-refractivity contribution in [3.8, 4) is 0 Å². The van der Waals surface area contributed by atoms with Crippen LogP contribution in [0.2, 0.25) is 0 Å². The average molecular weight is 480 g/mol. The monoisotopic (exact) mass is 479 g/mol. The van der Waals surface area contributed by atoms with E-state index in [1.54, 1.807) is 13.8 Å². The van der Waals surface area contributed by atoms with Crippen molar-refractivity contribution in [3.63, 3.8) is 0 Å². The minimum Gasteiger partial charge on any atom is -0.445 e. The van der Waals surface area contributed by atoms with Crippen LogP contribution in [0.4, 0.5) is 4.79 Å². The average Bonchev–Trinajstić information content (AvgIpc) is 2.85. The fourth-order valence-electron chi connectivity index (χ4n) is 3.95. The Morgan fingerprint density at radius 3 is 2.51 bits per heavy atom. The molecule has 0 saturated carbocycles. The summed E-state index contributed by atoms with van der Waals surface area (Å²) in [5.74, 6) is -2.26. The van der Waals surface area contributed by atoms with Gasteiger partial charge in [-0.2, -0.15) is 0 Å². The molecule has 2 aromatic rings. The van der Waals surface area contributed by atoms with Crippen LogP contribution in [0.3, 0.4) is 0 Å². The fraction of sp³-hybridized carbons (Fsp3) is 0.407. The van der Waals surface area contributed by atoms with E-state index in [-0.39, 0.29) is 18.9 Å². The molecule has 3 amide bonds. The molecule has 2 atom stereocenters. The first-order valence-electron chi connectivity index (χ1n) is 12.0. The van der Waals surface area contributed by atoms with Crippen molar-refractivity contribution >= 4 is 23.7 Å². The van der Waals surface area contributed by atoms with Crippen LogP contribution in [0.25, 0.3) is 0 Å². The zero-order valence-corrected chi connectivity index (χ0v) is 20.2. The van der Waals surface area contributed by atoms with Crippen LogP contribution < -0.4 is 16.0 Å². The van der Waals surface area contributed by atoms with Gasteiger partial charge in [-0.1, -0.05) is 68.4 Å². The third-order valence-corrected chi connectivity index (χ3v) is 5.90. The van der Waals surface area contributed by atoms with E-state index in [0.717, 1.165) is 36.0 Å². The highest BCUT2D eigenvalue weighted by molar-refractivity contribution is 6.38. The van der Waals surface area contributed by atoms with Gasteiger partial charge in [-0.05, 0) is 41.9 Å². The van der Waals surface area contributed by atoms with Crippen molar-refractivity contribution in [2.75, 3.05) is 6.54 Å². The maximum atomic E-state index is 13.1. The molecular weight excluding hydrogens is 446 g/mol. The lowest BCUT2D eigenvalue weighted by atomic mass is 9.96. The van der Waals surface area contributed by atoms with E-state index in [1.165, 1.54) is 0 Å². The number of hydrogen-bond acceptors (Lipinski definition) is 5. The number of alkyl carbamates (subject to hydrolysis) is 1. The minimum atomic E-state index is -1.06. The molecule has 3 N–H and O–H groups in total. The molecule has 0 aliphatic carbocycles. The molecule has 186 valence electrons. The van der Waals surface area contributed by atoms with Gasteiger partial charge >= 0.3 is 6.09 Å². The zero-order chi connectivity index (χ0) is 25.2. The molecule has 0 radical (unpaired) electrons. The third kappa shape index (κ3) is 7.95. The van der Waals surface area contributed by atoms with Gasteiger partial charge in [0.1, 0.15) is 18.7 Å². The van der Waals surface area contributed by atoms with Crippen LogP contribution in [-0.4, -0.2) is 42.3 Å². The first-order chi connectivity index (χ1) is 16.8. The van der Waals surface area contributed by atoms with Gasteiger partial charge in [-0.3, -0.25) is 14.4 Å². The summed E-state index contributed by atoms with van der Waals surface area (Å²) in [5.41, 5.74) is 2.82. The lowest BCUT2D eigenvalue weighted by Gasteiger charge is -2.25. The molecule has 2 aromatic carbocycles. The predicted octanol–water partition coefficient (Wildman–Crippen LogP) is 2.69. The van der Waals surface area contributed by atoms with E-state index < -0.39 is 35.8 Å². The fourth-order valence-corrected chi connectivity index (χ4v) is 3.95. The number of carbonyl (C=O) groups excluding carboxylic acids is 4. The Kier molecular flexibility index (Phi) is 9.40. The molecule has 0 saturated heterocycles. The van der Waals surface area contributed by atoms with Crippen molar-refractivity contribution in [1.82, 2.24) is 16.0 Å². The molecule has 0 spiro atoms. The van der Waals surface area contributed by atoms with Gasteiger partial charge in [0, 0.05) is 13.0 Å². The molecule has 1 aliphatic heterocycles. The van der Waals surface area contributed by atoms with Crippen LogP contribution in [0.1, 0.15) is 43.4 Å². The maximum Gasteiger partial charge on any atom is 0.408 e. The van der Waals surface area contributed by atoms with E-state index in [0.29, 0.717) is 6.54 Å². The number of ketones is 1. The number of benzene rings is 2. The molecule has 1 heterocycles. The topological polar surface area (TPSA) is 114 Å². The summed E-state index contributed by atoms with van der Waals surface area (Å²) in [4.78, 5) is 50.9. The standard InChI is InChI=1S/C27H33N3O5/c1-18(2)23(30-27(34)35-17-20-10-4-3-5-11-20)25(32)29-22-16-21-13-8-12-19(15-21)9-6-7-14-28-26(33)24(22)31/h3-5,8,10-13,15,18,22-23H,6-7,9,14,16-17H2,1-2H3,(H,28,33)(H,29,32)(H,30,34). The van der Waals surface area contributed by atoms with Gasteiger partial charge in [0.05, 0.1) is 0 Å². The Morgan fingerprint density at radius 1 is 1.03 bits per heavy atom. The molecule has 2 unspecified atom stereocenters. The number of rotatable bonds is 6. The van der Waals surface area contributed by atoms with Crippen LogP contribution in [0.15, 0.2) is 54.6 Å². The van der Waals surface area contributed by atoms with Crippen molar-refractivity contribution in [1.29, 1.82) is 0 Å². The van der Waals surface area contributed by atoms with Crippen LogP contribution in [-0.2, 0) is 38.6 Å². The second-order valence-corrected chi connectivity index (χ2v) is 9.09. The zero-order valence-electron chi connectivity index (χ0n) is 20.2. The van der Waals surface area contributed by atoms with E-state index >= 15 is 0 Å². The van der Waals surface area contributed by atoms with Gasteiger partial charge in [0.25, 0.3) is 5.91 Å². The molecule has 8 nitrogen and oxygen atoms in total. The van der Waals surface area contributed by atoms with Gasteiger partial charge < -0.3 is 20.7 Å². The normalized spacial score (nSPS) is 17.4. The Hall–Kier alpha value is -3.68. The molecule has 0 fully saturated rings. The Morgan fingerprint density at radius 2 is 1.77 bits per heavy atom. The highest BCUT2D eigenvalue weighted by atomic mass is 16.5. The van der Waals surface area contributed by atoms with Crippen molar-refractivity contribution < 1.29 is 23.9 Å². The number of carbonyl (C=O) groups is 4. The number of Topliss-reactive ketones (excluding diaryl/α,β-unsaturated/α-hetero) is 1. The van der Waals surface area contributed by atoms with Crippen LogP contribution in [0.5, 0.6) is 0 Å². The largest absolute Gasteiger partial charge is 0.445 e. The SMILES string of the molecule is CC(C)C(NC(=O)OCc1ccccc1)C(=O)NC1Cc2cccc(c2)CCCCNC(=O)C1=O. The summed E-state index contributed by atoms with van der Waals surface area (Å²) >= 11 is 0.